The van der Waals surface area contributed by atoms with Crippen LogP contribution in [0.2, 0.25) is 0 Å². The van der Waals surface area contributed by atoms with Gasteiger partial charge in [0, 0.05) is 13.0 Å². The summed E-state index contributed by atoms with van der Waals surface area (Å²) in [5.41, 5.74) is 4.63. The fraction of sp³-hybridized carbons (Fsp3) is 0.333. The van der Waals surface area contributed by atoms with Gasteiger partial charge in [-0.15, -0.1) is 4.59 Å². The summed E-state index contributed by atoms with van der Waals surface area (Å²) in [6, 6.07) is 0. The van der Waals surface area contributed by atoms with Gasteiger partial charge in [0.25, 0.3) is 5.84 Å². The van der Waals surface area contributed by atoms with Crippen molar-refractivity contribution in [1.29, 1.82) is 0 Å². The largest absolute Gasteiger partial charge is 0.288 e. The van der Waals surface area contributed by atoms with Gasteiger partial charge in [-0.25, -0.2) is 5.43 Å². The van der Waals surface area contributed by atoms with Gasteiger partial charge in [-0.1, -0.05) is 0 Å². The maximum Gasteiger partial charge on any atom is 0.259 e. The summed E-state index contributed by atoms with van der Waals surface area (Å²) in [6.07, 6.45) is 3.70. The number of nitrogens with one attached hydrogen (secondary N) is 1. The smallest absolute Gasteiger partial charge is 0.259 e. The monoisotopic (exact) mass is 178 g/mol. The zero-order chi connectivity index (χ0) is 9.64. The number of hydrogen-bond donors (Lipinski definition) is 1. The Balaban J connectivity index is 2.53. The summed E-state index contributed by atoms with van der Waals surface area (Å²) < 4.78 is 0.321. The number of likely N-dealkylation sites (N-methyl/N-ethyl adjacent to an activating group) is 1. The van der Waals surface area contributed by atoms with E-state index in [2.05, 4.69) is 10.4 Å². The minimum Gasteiger partial charge on any atom is -0.288 e. The van der Waals surface area contributed by atoms with Crippen molar-refractivity contribution in [3.05, 3.63) is 23.7 Å². The topological polar surface area (TPSA) is 41.5 Å². The van der Waals surface area contributed by atoms with Crippen molar-refractivity contribution < 1.29 is 9.39 Å². The van der Waals surface area contributed by atoms with Gasteiger partial charge in [0.1, 0.15) is 12.7 Å². The third-order valence-electron chi connectivity index (χ3n) is 2.43. The number of quaternary nitrogens is 1. The number of Topliss-reactive ketones (excluding diaryl/α,β-unsaturated/α-hetero) is 1. The van der Waals surface area contributed by atoms with Crippen molar-refractivity contribution in [1.82, 2.24) is 5.43 Å². The average molecular weight is 178 g/mol. The second-order valence-corrected chi connectivity index (χ2v) is 3.43. The van der Waals surface area contributed by atoms with Crippen LogP contribution in [0.4, 0.5) is 0 Å². The molecule has 4 heteroatoms. The van der Waals surface area contributed by atoms with Crippen LogP contribution in [-0.2, 0) is 4.79 Å². The van der Waals surface area contributed by atoms with E-state index in [1.807, 2.05) is 26.2 Å². The molecular weight excluding hydrogens is 166 g/mol. The van der Waals surface area contributed by atoms with Crippen LogP contribution in [0.3, 0.4) is 0 Å². The van der Waals surface area contributed by atoms with Crippen LogP contribution < -0.4 is 5.43 Å². The third-order valence-corrected chi connectivity index (χ3v) is 2.43. The number of nitrogens with zero attached hydrogens (tertiary/aromatic N) is 2. The summed E-state index contributed by atoms with van der Waals surface area (Å²) in [5, 5.41) is 0. The molecule has 1 atom stereocenters. The Bertz CT molecular complexity index is 378. The first kappa shape index (κ1) is 8.19. The Morgan fingerprint density at radius 1 is 1.62 bits per heavy atom. The number of rotatable bonds is 1. The molecule has 0 fully saturated rings. The molecular formula is C9H12N3O+. The maximum absolute atomic E-state index is 11.4. The summed E-state index contributed by atoms with van der Waals surface area (Å²) in [6.45, 7) is 3.43. The van der Waals surface area contributed by atoms with Crippen molar-refractivity contribution in [2.75, 3.05) is 7.05 Å². The molecule has 0 aromatic heterocycles. The van der Waals surface area contributed by atoms with E-state index < -0.39 is 0 Å². The molecule has 0 saturated carbocycles. The number of ketones is 1. The number of allylic oxidation sites excluding steroid dienone is 2. The predicted octanol–water partition coefficient (Wildman–Crippen LogP) is 0.697. The first-order chi connectivity index (χ1) is 6.05. The minimum atomic E-state index is 0.0648. The fourth-order valence-electron chi connectivity index (χ4n) is 1.91. The third kappa shape index (κ3) is 0.890. The molecule has 0 aromatic carbocycles. The lowest BCUT2D eigenvalue weighted by Crippen LogP contribution is -2.51. The lowest BCUT2D eigenvalue weighted by Gasteiger charge is -2.24. The molecule has 13 heavy (non-hydrogen) atoms. The van der Waals surface area contributed by atoms with Gasteiger partial charge in [-0.05, 0) is 6.92 Å². The number of carbonyl (C=O) groups excluding carboxylic acids is 1. The Kier molecular flexibility index (Phi) is 1.44. The molecule has 0 amide bonds. The molecule has 2 aliphatic heterocycles. The van der Waals surface area contributed by atoms with Crippen LogP contribution in [-0.4, -0.2) is 23.3 Å². The average Bonchev–Trinajstić information content (AvgIpc) is 2.40. The highest BCUT2D eigenvalue weighted by Crippen LogP contribution is 2.28. The number of fused-ring (bicyclic) bond motifs is 1. The Labute approximate surface area is 76.8 Å². The quantitative estimate of drug-likeness (QED) is 0.600. The van der Waals surface area contributed by atoms with Crippen molar-refractivity contribution in [2.45, 2.75) is 13.8 Å². The SMILES string of the molecule is CC(=O)C1=C(C)N=C2C=CN[N+]21C. The van der Waals surface area contributed by atoms with E-state index in [0.29, 0.717) is 4.59 Å². The number of amidine groups is 1. The summed E-state index contributed by atoms with van der Waals surface area (Å²) in [5.74, 6) is 0.942. The van der Waals surface area contributed by atoms with Gasteiger partial charge in [-0.3, -0.25) is 4.79 Å². The normalized spacial score (nSPS) is 30.2. The second-order valence-electron chi connectivity index (χ2n) is 3.43. The van der Waals surface area contributed by atoms with Crippen LogP contribution in [0.1, 0.15) is 13.8 Å². The van der Waals surface area contributed by atoms with E-state index >= 15 is 0 Å². The summed E-state index contributed by atoms with van der Waals surface area (Å²) >= 11 is 0. The van der Waals surface area contributed by atoms with Gasteiger partial charge in [0.05, 0.1) is 6.20 Å². The standard InChI is InChI=1S/C9H11N3O/c1-6-9(7(2)13)12(3)8(11-6)4-5-10-12/h4-5H,1-3H3/p+1. The Morgan fingerprint density at radius 2 is 2.31 bits per heavy atom. The Morgan fingerprint density at radius 3 is 2.92 bits per heavy atom. The summed E-state index contributed by atoms with van der Waals surface area (Å²) in [4.78, 5) is 15.7. The zero-order valence-electron chi connectivity index (χ0n) is 7.96. The molecule has 0 radical (unpaired) electrons. The molecule has 2 heterocycles. The first-order valence-corrected chi connectivity index (χ1v) is 4.18. The molecule has 0 saturated heterocycles. The van der Waals surface area contributed by atoms with Gasteiger partial charge < -0.3 is 0 Å². The fourth-order valence-corrected chi connectivity index (χ4v) is 1.91. The molecule has 0 spiro atoms. The minimum absolute atomic E-state index is 0.0648. The van der Waals surface area contributed by atoms with Crippen LogP contribution in [0.15, 0.2) is 28.7 Å². The highest BCUT2D eigenvalue weighted by atomic mass is 16.1. The number of carbonyl (C=O) groups is 1. The molecule has 2 aliphatic rings. The van der Waals surface area contributed by atoms with E-state index in [0.717, 1.165) is 17.2 Å². The lowest BCUT2D eigenvalue weighted by molar-refractivity contribution is -0.810. The molecule has 0 aliphatic carbocycles. The number of aliphatic imine (C=N–C) groups is 1. The molecule has 1 N–H and O–H groups in total. The molecule has 0 bridgehead atoms. The van der Waals surface area contributed by atoms with Crippen LogP contribution in [0.25, 0.3) is 0 Å². The van der Waals surface area contributed by atoms with Crippen molar-refractivity contribution in [3.63, 3.8) is 0 Å². The van der Waals surface area contributed by atoms with Crippen molar-refractivity contribution in [2.24, 2.45) is 4.99 Å². The van der Waals surface area contributed by atoms with Gasteiger partial charge in [0.2, 0.25) is 11.5 Å². The van der Waals surface area contributed by atoms with Crippen LogP contribution in [0.5, 0.6) is 0 Å². The van der Waals surface area contributed by atoms with Crippen LogP contribution >= 0.6 is 0 Å². The van der Waals surface area contributed by atoms with Gasteiger partial charge >= 0.3 is 0 Å². The predicted molar refractivity (Wildman–Crippen MR) is 49.3 cm³/mol. The molecule has 68 valence electrons. The second kappa shape index (κ2) is 2.29. The van der Waals surface area contributed by atoms with Crippen molar-refractivity contribution in [3.8, 4) is 0 Å². The van der Waals surface area contributed by atoms with Gasteiger partial charge in [-0.2, -0.15) is 4.99 Å². The highest BCUT2D eigenvalue weighted by molar-refractivity contribution is 6.00. The maximum atomic E-state index is 11.4. The van der Waals surface area contributed by atoms with Gasteiger partial charge in [0.15, 0.2) is 0 Å². The van der Waals surface area contributed by atoms with E-state index in [-0.39, 0.29) is 5.78 Å². The summed E-state index contributed by atoms with van der Waals surface area (Å²) in [7, 11) is 1.92. The lowest BCUT2D eigenvalue weighted by atomic mass is 10.2. The first-order valence-electron chi connectivity index (χ1n) is 4.18. The Hall–Kier alpha value is -1.42. The van der Waals surface area contributed by atoms with E-state index in [9.17, 15) is 4.79 Å². The van der Waals surface area contributed by atoms with E-state index in [1.54, 1.807) is 6.92 Å². The van der Waals surface area contributed by atoms with E-state index in [4.69, 9.17) is 0 Å². The van der Waals surface area contributed by atoms with E-state index in [1.165, 1.54) is 0 Å². The highest BCUT2D eigenvalue weighted by Gasteiger charge is 2.45. The molecule has 1 unspecified atom stereocenters. The van der Waals surface area contributed by atoms with Crippen LogP contribution in [0, 0.1) is 0 Å². The molecule has 0 aromatic rings. The molecule has 4 nitrogen and oxygen atoms in total. The van der Waals surface area contributed by atoms with Crippen molar-refractivity contribution >= 4 is 11.6 Å². The zero-order valence-corrected chi connectivity index (χ0v) is 7.96. The number of hydrogen-bond acceptors (Lipinski definition) is 3. The molecule has 2 rings (SSSR count).